The van der Waals surface area contributed by atoms with Crippen molar-refractivity contribution in [2.24, 2.45) is 17.8 Å². The zero-order valence-electron chi connectivity index (χ0n) is 40.2. The van der Waals surface area contributed by atoms with Gasteiger partial charge >= 0.3 is 5.97 Å². The third-order valence-corrected chi connectivity index (χ3v) is 14.3. The fourth-order valence-electron chi connectivity index (χ4n) is 10.1. The van der Waals surface area contributed by atoms with Crippen molar-refractivity contribution in [2.45, 2.75) is 185 Å². The number of carbonyl (C=O) groups is 1. The van der Waals surface area contributed by atoms with Gasteiger partial charge in [0.15, 0.2) is 18.7 Å². The molecule has 0 bridgehead atoms. The Morgan fingerprint density at radius 3 is 2.12 bits per heavy atom. The summed E-state index contributed by atoms with van der Waals surface area (Å²) >= 11 is 0. The number of aliphatic hydroxyl groups excluding tert-OH is 1. The van der Waals surface area contributed by atoms with Crippen LogP contribution in [0.2, 0.25) is 0 Å². The zero-order valence-corrected chi connectivity index (χ0v) is 40.2. The smallest absolute Gasteiger partial charge is 0.311 e. The van der Waals surface area contributed by atoms with Gasteiger partial charge in [-0.1, -0.05) is 57.2 Å². The molecule has 3 aliphatic heterocycles. The fourth-order valence-corrected chi connectivity index (χ4v) is 10.1. The predicted molar refractivity (Wildman–Crippen MR) is 244 cm³/mol. The average Bonchev–Trinajstić information content (AvgIpc) is 3.26. The highest BCUT2D eigenvalue weighted by Crippen LogP contribution is 2.43. The molecule has 0 saturated carbocycles. The molecule has 3 heterocycles. The molecule has 2 aromatic carbocycles. The van der Waals surface area contributed by atoms with Crippen LogP contribution in [0.5, 0.6) is 5.75 Å². The number of carbonyl (C=O) groups excluding carboxylic acids is 1. The summed E-state index contributed by atoms with van der Waals surface area (Å²) in [6, 6.07) is 18.2. The molecule has 0 radical (unpaired) electrons. The quantitative estimate of drug-likeness (QED) is 0.144. The van der Waals surface area contributed by atoms with E-state index in [1.807, 2.05) is 95.4 Å². The van der Waals surface area contributed by atoms with Crippen LogP contribution in [0.4, 0.5) is 5.69 Å². The number of aliphatic hydroxyl groups is 4. The van der Waals surface area contributed by atoms with Gasteiger partial charge in [0.2, 0.25) is 0 Å². The van der Waals surface area contributed by atoms with Gasteiger partial charge in [-0.05, 0) is 112 Å². The van der Waals surface area contributed by atoms with Crippen molar-refractivity contribution in [3.63, 3.8) is 0 Å². The van der Waals surface area contributed by atoms with Crippen LogP contribution in [0.3, 0.4) is 0 Å². The van der Waals surface area contributed by atoms with Crippen molar-refractivity contribution in [3.05, 3.63) is 60.7 Å². The van der Waals surface area contributed by atoms with E-state index in [0.29, 0.717) is 18.7 Å². The van der Waals surface area contributed by atoms with Crippen LogP contribution in [0.15, 0.2) is 60.7 Å². The number of benzene rings is 2. The van der Waals surface area contributed by atoms with Crippen LogP contribution in [0.1, 0.15) is 94.9 Å². The summed E-state index contributed by atoms with van der Waals surface area (Å²) in [6.07, 6.45) is -7.09. The Morgan fingerprint density at radius 2 is 1.52 bits per heavy atom. The van der Waals surface area contributed by atoms with E-state index in [4.69, 9.17) is 33.2 Å². The summed E-state index contributed by atoms with van der Waals surface area (Å²) in [5.74, 6) is -2.05. The summed E-state index contributed by atoms with van der Waals surface area (Å²) in [6.45, 7) is 18.3. The molecule has 0 amide bonds. The lowest BCUT2D eigenvalue weighted by Crippen LogP contribution is -2.69. The predicted octanol–water partition coefficient (Wildman–Crippen LogP) is 4.79. The minimum absolute atomic E-state index is 0.0624. The Balaban J connectivity index is 1.57. The number of ether oxygens (including phenoxy) is 7. The molecule has 2 aromatic rings. The SMILES string of the molecule is CC[C@H]1OC(=O)[C@H](C)[C@@H](O[C@H]2C[C@@](C)(OC)[C@](O)(CNc3ccccc3)[C@H](C)O2)[C@H](C)[C@@H](O[C@@H]2O[C@H](C)C[C@H](NC)[C@H]2Oc2ccccc2)[C@](C)(O)C[C@@H](C)CN[C@H](C)[C@@H](O)[C@]1(C)O. The lowest BCUT2D eigenvalue weighted by molar-refractivity contribution is -0.333. The van der Waals surface area contributed by atoms with Gasteiger partial charge in [0.05, 0.1) is 42.0 Å². The normalized spacial score (nSPS) is 43.0. The molecule has 0 aliphatic carbocycles. The molecular weight excluding hydrogens is 823 g/mol. The maximum atomic E-state index is 14.6. The van der Waals surface area contributed by atoms with E-state index in [1.54, 1.807) is 34.6 Å². The van der Waals surface area contributed by atoms with Crippen molar-refractivity contribution >= 4 is 11.7 Å². The average molecular weight is 902 g/mol. The standard InChI is InChI=1S/C49H79N3O12/c1-13-38-48(10,56)42(53)33(6)51-27-29(2)25-46(8,55)43(64-45-41(37(50-11)24-30(3)59-45)61-36-22-18-15-19-23-36)31(4)40(32(5)44(54)62-38)63-39-26-47(9,58-12)49(57,34(7)60-39)28-52-35-20-16-14-17-21-35/h14-23,29-34,37-43,45,50-53,55-57H,13,24-28H2,1-12H3/t29-,30-,31+,32-,33-,34+,37+,38-,39+,40+,41-,42-,43-,45+,46-,47-,48-,49+/m1/s1. The van der Waals surface area contributed by atoms with Gasteiger partial charge in [0.1, 0.15) is 34.8 Å². The minimum Gasteiger partial charge on any atom is -0.483 e. The van der Waals surface area contributed by atoms with Crippen LogP contribution < -0.4 is 20.7 Å². The van der Waals surface area contributed by atoms with Crippen LogP contribution in [0.25, 0.3) is 0 Å². The molecule has 5 rings (SSSR count). The number of para-hydroxylation sites is 2. The van der Waals surface area contributed by atoms with E-state index in [9.17, 15) is 25.2 Å². The highest BCUT2D eigenvalue weighted by molar-refractivity contribution is 5.73. The second kappa shape index (κ2) is 21.8. The van der Waals surface area contributed by atoms with Crippen LogP contribution in [-0.2, 0) is 33.2 Å². The van der Waals surface area contributed by atoms with Crippen molar-refractivity contribution in [3.8, 4) is 5.75 Å². The van der Waals surface area contributed by atoms with Crippen LogP contribution in [-0.4, -0.2) is 143 Å². The number of hydrogen-bond donors (Lipinski definition) is 7. The number of rotatable bonds is 12. The molecule has 362 valence electrons. The highest BCUT2D eigenvalue weighted by atomic mass is 16.7. The Kier molecular flexibility index (Phi) is 17.7. The number of esters is 1. The first-order valence-corrected chi connectivity index (χ1v) is 23.2. The Morgan fingerprint density at radius 1 is 0.875 bits per heavy atom. The lowest BCUT2D eigenvalue weighted by Gasteiger charge is -2.53. The molecule has 15 heteroatoms. The topological polar surface area (TPSA) is 199 Å². The molecule has 7 N–H and O–H groups in total. The first-order chi connectivity index (χ1) is 30.1. The highest BCUT2D eigenvalue weighted by Gasteiger charge is 2.58. The molecule has 3 saturated heterocycles. The van der Waals surface area contributed by atoms with Gasteiger partial charge in [-0.2, -0.15) is 0 Å². The van der Waals surface area contributed by atoms with Crippen LogP contribution >= 0.6 is 0 Å². The van der Waals surface area contributed by atoms with E-state index in [0.717, 1.165) is 5.69 Å². The molecular formula is C49H79N3O12. The Bertz CT molecular complexity index is 1740. The van der Waals surface area contributed by atoms with Crippen molar-refractivity contribution in [2.75, 3.05) is 32.6 Å². The van der Waals surface area contributed by atoms with Gasteiger partial charge in [0.25, 0.3) is 0 Å². The van der Waals surface area contributed by atoms with Crippen molar-refractivity contribution < 1.29 is 58.4 Å². The third-order valence-electron chi connectivity index (χ3n) is 14.3. The third kappa shape index (κ3) is 11.8. The molecule has 3 fully saturated rings. The maximum absolute atomic E-state index is 14.6. The summed E-state index contributed by atoms with van der Waals surface area (Å²) in [4.78, 5) is 14.6. The second-order valence-electron chi connectivity index (χ2n) is 19.5. The summed E-state index contributed by atoms with van der Waals surface area (Å²) in [5.41, 5.74) is -5.32. The van der Waals surface area contributed by atoms with Gasteiger partial charge in [-0.15, -0.1) is 0 Å². The van der Waals surface area contributed by atoms with Crippen LogP contribution in [0, 0.1) is 17.8 Å². The molecule has 15 nitrogen and oxygen atoms in total. The van der Waals surface area contributed by atoms with E-state index in [-0.39, 0.29) is 43.9 Å². The molecule has 3 aliphatic rings. The monoisotopic (exact) mass is 902 g/mol. The molecule has 64 heavy (non-hydrogen) atoms. The molecule has 0 aromatic heterocycles. The number of hydrogen-bond acceptors (Lipinski definition) is 15. The largest absolute Gasteiger partial charge is 0.483 e. The number of methoxy groups -OCH3 is 1. The number of anilines is 1. The summed E-state index contributed by atoms with van der Waals surface area (Å²) in [7, 11) is 3.41. The number of likely N-dealkylation sites (N-methyl/N-ethyl adjacent to an activating group) is 1. The first-order valence-electron chi connectivity index (χ1n) is 23.2. The number of cyclic esters (lactones) is 1. The van der Waals surface area contributed by atoms with Crippen molar-refractivity contribution in [1.82, 2.24) is 10.6 Å². The second-order valence-corrected chi connectivity index (χ2v) is 19.5. The minimum atomic E-state index is -1.83. The van der Waals surface area contributed by atoms with Gasteiger partial charge in [-0.25, -0.2) is 0 Å². The zero-order chi connectivity index (χ0) is 47.2. The first kappa shape index (κ1) is 52.0. The Labute approximate surface area is 381 Å². The van der Waals surface area contributed by atoms with E-state index in [1.165, 1.54) is 14.0 Å². The van der Waals surface area contributed by atoms with E-state index in [2.05, 4.69) is 16.0 Å². The fraction of sp³-hybridized carbons (Fsp3) is 0.735. The van der Waals surface area contributed by atoms with E-state index < -0.39 is 95.5 Å². The molecule has 0 unspecified atom stereocenters. The lowest BCUT2D eigenvalue weighted by atomic mass is 9.75. The number of nitrogens with one attached hydrogen (secondary N) is 3. The molecule has 18 atom stereocenters. The van der Waals surface area contributed by atoms with Gasteiger partial charge in [-0.3, -0.25) is 4.79 Å². The van der Waals surface area contributed by atoms with Gasteiger partial charge < -0.3 is 69.5 Å². The Hall–Kier alpha value is -2.93. The summed E-state index contributed by atoms with van der Waals surface area (Å²) in [5, 5.41) is 58.6. The summed E-state index contributed by atoms with van der Waals surface area (Å²) < 4.78 is 46.1. The van der Waals surface area contributed by atoms with E-state index >= 15 is 0 Å². The van der Waals surface area contributed by atoms with Crippen molar-refractivity contribution in [1.29, 1.82) is 0 Å². The van der Waals surface area contributed by atoms with Gasteiger partial charge in [0, 0.05) is 37.7 Å². The molecule has 0 spiro atoms. The maximum Gasteiger partial charge on any atom is 0.311 e.